The molecule has 0 aliphatic carbocycles. The molecule has 0 saturated heterocycles. The smallest absolute Gasteiger partial charge is 0.270 e. The molecule has 2 heterocycles. The molecule has 0 atom stereocenters. The van der Waals surface area contributed by atoms with Gasteiger partial charge in [0, 0.05) is 11.1 Å². The van der Waals surface area contributed by atoms with Crippen molar-refractivity contribution in [2.45, 2.75) is 6.54 Å². The first kappa shape index (κ1) is 11.3. The summed E-state index contributed by atoms with van der Waals surface area (Å²) in [6, 6.07) is 8.90. The van der Waals surface area contributed by atoms with Gasteiger partial charge in [-0.3, -0.25) is 9.78 Å². The number of hydrogen-bond acceptors (Lipinski definition) is 4. The van der Waals surface area contributed by atoms with Crippen molar-refractivity contribution in [3.05, 3.63) is 52.0 Å². The Labute approximate surface area is 103 Å². The molecule has 5 heteroatoms. The van der Waals surface area contributed by atoms with Crippen LogP contribution >= 0.6 is 11.3 Å². The Bertz CT molecular complexity index is 557. The number of carbonyl (C=O) groups is 1. The van der Waals surface area contributed by atoms with Gasteiger partial charge in [-0.15, -0.1) is 11.3 Å². The van der Waals surface area contributed by atoms with E-state index in [1.54, 1.807) is 17.4 Å². The Hall–Kier alpha value is -2.19. The maximum Gasteiger partial charge on any atom is 0.270 e. The fourth-order valence-electron chi connectivity index (χ4n) is 1.30. The lowest BCUT2D eigenvalue weighted by Gasteiger charge is -2.02. The van der Waals surface area contributed by atoms with Crippen molar-refractivity contribution in [2.75, 3.05) is 0 Å². The van der Waals surface area contributed by atoms with Crippen LogP contribution in [0.2, 0.25) is 0 Å². The Kier molecular flexibility index (Phi) is 3.48. The second-order valence-corrected chi connectivity index (χ2v) is 4.34. The SMILES string of the molecule is N#Cc1ccnc(C(=O)NCc2cccs2)c1. The number of pyridine rings is 1. The number of nitrogens with one attached hydrogen (secondary N) is 1. The lowest BCUT2D eigenvalue weighted by Crippen LogP contribution is -2.23. The highest BCUT2D eigenvalue weighted by Gasteiger charge is 2.07. The van der Waals surface area contributed by atoms with Crippen LogP contribution in [0.1, 0.15) is 20.9 Å². The Morgan fingerprint density at radius 1 is 1.53 bits per heavy atom. The van der Waals surface area contributed by atoms with E-state index < -0.39 is 0 Å². The number of aromatic nitrogens is 1. The van der Waals surface area contributed by atoms with Crippen molar-refractivity contribution in [3.8, 4) is 6.07 Å². The van der Waals surface area contributed by atoms with Gasteiger partial charge in [-0.25, -0.2) is 0 Å². The molecule has 0 saturated carbocycles. The molecular formula is C12H9N3OS. The van der Waals surface area contributed by atoms with Crippen LogP contribution in [0.4, 0.5) is 0 Å². The van der Waals surface area contributed by atoms with E-state index in [1.807, 2.05) is 23.6 Å². The molecule has 2 aromatic heterocycles. The van der Waals surface area contributed by atoms with Crippen LogP contribution in [0.5, 0.6) is 0 Å². The molecule has 2 aromatic rings. The van der Waals surface area contributed by atoms with Crippen molar-refractivity contribution in [3.63, 3.8) is 0 Å². The van der Waals surface area contributed by atoms with Gasteiger partial charge in [-0.2, -0.15) is 5.26 Å². The predicted molar refractivity (Wildman–Crippen MR) is 64.4 cm³/mol. The van der Waals surface area contributed by atoms with Crippen LogP contribution in [-0.2, 0) is 6.54 Å². The van der Waals surface area contributed by atoms with Gasteiger partial charge in [0.1, 0.15) is 5.69 Å². The minimum atomic E-state index is -0.268. The Morgan fingerprint density at radius 3 is 3.12 bits per heavy atom. The van der Waals surface area contributed by atoms with E-state index in [1.165, 1.54) is 12.3 Å². The zero-order valence-electron chi connectivity index (χ0n) is 8.88. The summed E-state index contributed by atoms with van der Waals surface area (Å²) in [4.78, 5) is 16.7. The summed E-state index contributed by atoms with van der Waals surface area (Å²) < 4.78 is 0. The topological polar surface area (TPSA) is 65.8 Å². The molecule has 0 aliphatic rings. The highest BCUT2D eigenvalue weighted by atomic mass is 32.1. The van der Waals surface area contributed by atoms with E-state index in [4.69, 9.17) is 5.26 Å². The molecule has 2 rings (SSSR count). The summed E-state index contributed by atoms with van der Waals surface area (Å²) in [6.45, 7) is 0.481. The fraction of sp³-hybridized carbons (Fsp3) is 0.0833. The molecule has 4 nitrogen and oxygen atoms in total. The molecule has 0 spiro atoms. The summed E-state index contributed by atoms with van der Waals surface area (Å²) in [5, 5.41) is 13.4. The number of rotatable bonds is 3. The molecule has 0 unspecified atom stereocenters. The molecule has 1 N–H and O–H groups in total. The van der Waals surface area contributed by atoms with Crippen LogP contribution in [0.3, 0.4) is 0 Å². The maximum atomic E-state index is 11.7. The summed E-state index contributed by atoms with van der Waals surface area (Å²) in [5.41, 5.74) is 0.696. The second-order valence-electron chi connectivity index (χ2n) is 3.30. The molecule has 17 heavy (non-hydrogen) atoms. The third kappa shape index (κ3) is 2.89. The first-order valence-corrected chi connectivity index (χ1v) is 5.84. The van der Waals surface area contributed by atoms with Crippen LogP contribution in [0.15, 0.2) is 35.8 Å². The van der Waals surface area contributed by atoms with E-state index in [-0.39, 0.29) is 11.6 Å². The summed E-state index contributed by atoms with van der Waals surface area (Å²) in [5.74, 6) is -0.268. The lowest BCUT2D eigenvalue weighted by atomic mass is 10.2. The van der Waals surface area contributed by atoms with Crippen LogP contribution in [-0.4, -0.2) is 10.9 Å². The third-order valence-electron chi connectivity index (χ3n) is 2.12. The van der Waals surface area contributed by atoms with Gasteiger partial charge < -0.3 is 5.32 Å². The molecule has 1 amide bonds. The standard InChI is InChI=1S/C12H9N3OS/c13-7-9-3-4-14-11(6-9)12(16)15-8-10-2-1-5-17-10/h1-6H,8H2,(H,15,16). The highest BCUT2D eigenvalue weighted by Crippen LogP contribution is 2.08. The number of nitrogens with zero attached hydrogens (tertiary/aromatic N) is 2. The molecule has 84 valence electrons. The van der Waals surface area contributed by atoms with E-state index in [2.05, 4.69) is 10.3 Å². The largest absolute Gasteiger partial charge is 0.346 e. The zero-order chi connectivity index (χ0) is 12.1. The zero-order valence-corrected chi connectivity index (χ0v) is 9.70. The third-order valence-corrected chi connectivity index (χ3v) is 3.00. The molecule has 0 bridgehead atoms. The van der Waals surface area contributed by atoms with Gasteiger partial charge in [0.15, 0.2) is 0 Å². The Morgan fingerprint density at radius 2 is 2.41 bits per heavy atom. The van der Waals surface area contributed by atoms with Crippen LogP contribution in [0.25, 0.3) is 0 Å². The molecule has 0 radical (unpaired) electrons. The van der Waals surface area contributed by atoms with Gasteiger partial charge in [0.2, 0.25) is 0 Å². The summed E-state index contributed by atoms with van der Waals surface area (Å²) >= 11 is 1.58. The number of hydrogen-bond donors (Lipinski definition) is 1. The highest BCUT2D eigenvalue weighted by molar-refractivity contribution is 7.09. The van der Waals surface area contributed by atoms with E-state index >= 15 is 0 Å². The average Bonchev–Trinajstić information content (AvgIpc) is 2.89. The number of carbonyl (C=O) groups excluding carboxylic acids is 1. The first-order valence-electron chi connectivity index (χ1n) is 4.96. The lowest BCUT2D eigenvalue weighted by molar-refractivity contribution is 0.0946. The van der Waals surface area contributed by atoms with Crippen LogP contribution < -0.4 is 5.32 Å². The molecule has 0 aromatic carbocycles. The van der Waals surface area contributed by atoms with Gasteiger partial charge in [-0.05, 0) is 23.6 Å². The quantitative estimate of drug-likeness (QED) is 0.896. The monoisotopic (exact) mass is 243 g/mol. The second kappa shape index (κ2) is 5.23. The molecule has 0 fully saturated rings. The van der Waals surface area contributed by atoms with Crippen LogP contribution in [0, 0.1) is 11.3 Å². The van der Waals surface area contributed by atoms with E-state index in [0.29, 0.717) is 12.1 Å². The Balaban J connectivity index is 2.02. The number of nitriles is 1. The molecular weight excluding hydrogens is 234 g/mol. The maximum absolute atomic E-state index is 11.7. The number of thiophene rings is 1. The van der Waals surface area contributed by atoms with E-state index in [9.17, 15) is 4.79 Å². The predicted octanol–water partition coefficient (Wildman–Crippen LogP) is 1.94. The van der Waals surface area contributed by atoms with Gasteiger partial charge in [-0.1, -0.05) is 6.07 Å². The van der Waals surface area contributed by atoms with Crippen molar-refractivity contribution in [1.29, 1.82) is 5.26 Å². The average molecular weight is 243 g/mol. The van der Waals surface area contributed by atoms with Crippen molar-refractivity contribution >= 4 is 17.2 Å². The fourth-order valence-corrected chi connectivity index (χ4v) is 1.94. The van der Waals surface area contributed by atoms with E-state index in [0.717, 1.165) is 4.88 Å². The first-order chi connectivity index (χ1) is 8.29. The van der Waals surface area contributed by atoms with Crippen molar-refractivity contribution < 1.29 is 4.79 Å². The van der Waals surface area contributed by atoms with Gasteiger partial charge in [0.05, 0.1) is 18.2 Å². The minimum Gasteiger partial charge on any atom is -0.346 e. The summed E-state index contributed by atoms with van der Waals surface area (Å²) in [7, 11) is 0. The van der Waals surface area contributed by atoms with Gasteiger partial charge in [0.25, 0.3) is 5.91 Å². The van der Waals surface area contributed by atoms with Gasteiger partial charge >= 0.3 is 0 Å². The molecule has 0 aliphatic heterocycles. The summed E-state index contributed by atoms with van der Waals surface area (Å²) in [6.07, 6.45) is 1.46. The van der Waals surface area contributed by atoms with Crippen molar-refractivity contribution in [2.24, 2.45) is 0 Å². The number of amides is 1. The minimum absolute atomic E-state index is 0.264. The van der Waals surface area contributed by atoms with Crippen molar-refractivity contribution in [1.82, 2.24) is 10.3 Å². The normalized spacial score (nSPS) is 9.59.